The summed E-state index contributed by atoms with van der Waals surface area (Å²) in [4.78, 5) is 25.6. The molecule has 4 rings (SSSR count). The van der Waals surface area contributed by atoms with Crippen molar-refractivity contribution in [3.63, 3.8) is 0 Å². The second-order valence-electron chi connectivity index (χ2n) is 5.94. The van der Waals surface area contributed by atoms with Gasteiger partial charge in [-0.25, -0.2) is 9.97 Å². The highest BCUT2D eigenvalue weighted by Crippen LogP contribution is 2.38. The predicted octanol–water partition coefficient (Wildman–Crippen LogP) is 2.10. The van der Waals surface area contributed by atoms with Crippen LogP contribution in [0.5, 0.6) is 5.88 Å². The van der Waals surface area contributed by atoms with E-state index in [9.17, 15) is 4.79 Å². The van der Waals surface area contributed by atoms with Gasteiger partial charge in [0.2, 0.25) is 11.7 Å². The van der Waals surface area contributed by atoms with E-state index < -0.39 is 0 Å². The summed E-state index contributed by atoms with van der Waals surface area (Å²) in [6.45, 7) is 0. The Morgan fingerprint density at radius 3 is 2.78 bits per heavy atom. The van der Waals surface area contributed by atoms with Crippen molar-refractivity contribution in [1.82, 2.24) is 40.2 Å². The van der Waals surface area contributed by atoms with Crippen LogP contribution < -0.4 is 4.74 Å². The number of nitrogens with zero attached hydrogens (tertiary/aromatic N) is 5. The summed E-state index contributed by atoms with van der Waals surface area (Å²) >= 11 is 6.20. The SMILES string of the molecule is COc1nc2c(-c3cn[nH]c3)c(-c3n[nH]c(C(=O)N(C)C)n3)[nH]c2cc1Cl. The number of H-pyrrole nitrogens is 3. The molecule has 1 amide bonds. The number of halogens is 1. The maximum Gasteiger partial charge on any atom is 0.290 e. The van der Waals surface area contributed by atoms with E-state index in [1.165, 1.54) is 12.0 Å². The van der Waals surface area contributed by atoms with Gasteiger partial charge in [0, 0.05) is 31.4 Å². The molecule has 0 saturated heterocycles. The number of rotatable bonds is 4. The molecule has 3 N–H and O–H groups in total. The second-order valence-corrected chi connectivity index (χ2v) is 6.35. The van der Waals surface area contributed by atoms with Gasteiger partial charge in [-0.05, 0) is 6.07 Å². The van der Waals surface area contributed by atoms with E-state index in [1.807, 2.05) is 0 Å². The maximum atomic E-state index is 12.1. The van der Waals surface area contributed by atoms with Gasteiger partial charge in [-0.3, -0.25) is 15.0 Å². The molecule has 0 unspecified atom stereocenters. The van der Waals surface area contributed by atoms with Crippen LogP contribution in [0.15, 0.2) is 18.5 Å². The molecule has 10 nitrogen and oxygen atoms in total. The topological polar surface area (TPSA) is 128 Å². The van der Waals surface area contributed by atoms with Gasteiger partial charge in [0.05, 0.1) is 24.5 Å². The van der Waals surface area contributed by atoms with Crippen LogP contribution in [-0.2, 0) is 0 Å². The fourth-order valence-corrected chi connectivity index (χ4v) is 2.96. The minimum absolute atomic E-state index is 0.135. The largest absolute Gasteiger partial charge is 0.480 e. The molecule has 138 valence electrons. The minimum Gasteiger partial charge on any atom is -0.480 e. The van der Waals surface area contributed by atoms with Crippen LogP contribution >= 0.6 is 11.6 Å². The van der Waals surface area contributed by atoms with Crippen molar-refractivity contribution < 1.29 is 9.53 Å². The average molecular weight is 387 g/mol. The Bertz CT molecular complexity index is 1130. The zero-order valence-corrected chi connectivity index (χ0v) is 15.4. The number of carbonyl (C=O) groups excluding carboxylic acids is 1. The minimum atomic E-state index is -0.280. The van der Waals surface area contributed by atoms with Crippen LogP contribution in [-0.4, -0.2) is 67.4 Å². The third kappa shape index (κ3) is 2.79. The number of carbonyl (C=O) groups is 1. The van der Waals surface area contributed by atoms with Crippen LogP contribution in [0.25, 0.3) is 33.7 Å². The van der Waals surface area contributed by atoms with E-state index in [0.29, 0.717) is 33.5 Å². The quantitative estimate of drug-likeness (QED) is 0.492. The van der Waals surface area contributed by atoms with Crippen LogP contribution in [0.2, 0.25) is 5.02 Å². The number of aromatic nitrogens is 7. The van der Waals surface area contributed by atoms with Crippen molar-refractivity contribution in [2.45, 2.75) is 0 Å². The van der Waals surface area contributed by atoms with Crippen molar-refractivity contribution >= 4 is 28.5 Å². The molecule has 0 aliphatic carbocycles. The first-order valence-corrected chi connectivity index (χ1v) is 8.27. The number of methoxy groups -OCH3 is 1. The molecule has 0 radical (unpaired) electrons. The monoisotopic (exact) mass is 386 g/mol. The Morgan fingerprint density at radius 2 is 2.11 bits per heavy atom. The lowest BCUT2D eigenvalue weighted by atomic mass is 10.1. The summed E-state index contributed by atoms with van der Waals surface area (Å²) in [5, 5.41) is 14.0. The number of hydrogen-bond donors (Lipinski definition) is 3. The van der Waals surface area contributed by atoms with E-state index in [-0.39, 0.29) is 11.7 Å². The van der Waals surface area contributed by atoms with Crippen LogP contribution in [0.4, 0.5) is 0 Å². The summed E-state index contributed by atoms with van der Waals surface area (Å²) in [6, 6.07) is 1.72. The van der Waals surface area contributed by atoms with Crippen molar-refractivity contribution in [1.29, 1.82) is 0 Å². The lowest BCUT2D eigenvalue weighted by molar-refractivity contribution is 0.0816. The highest BCUT2D eigenvalue weighted by atomic mass is 35.5. The summed E-state index contributed by atoms with van der Waals surface area (Å²) in [7, 11) is 4.78. The van der Waals surface area contributed by atoms with E-state index in [0.717, 1.165) is 11.1 Å². The first kappa shape index (κ1) is 17.0. The fraction of sp³-hybridized carbons (Fsp3) is 0.188. The number of nitrogens with one attached hydrogen (secondary N) is 3. The Balaban J connectivity index is 1.95. The molecule has 0 saturated carbocycles. The highest BCUT2D eigenvalue weighted by molar-refractivity contribution is 6.32. The molecule has 27 heavy (non-hydrogen) atoms. The third-order valence-corrected chi connectivity index (χ3v) is 4.26. The standard InChI is InChI=1S/C16H15ClN8O2/c1-25(2)16(26)14-22-13(23-24-14)12-10(7-5-18-19-6-7)11-9(20-12)4-8(17)15(21-11)27-3/h4-6,20H,1-3H3,(H,18,19)(H,22,23,24). The average Bonchev–Trinajstić information content (AvgIpc) is 3.38. The molecule has 4 aromatic heterocycles. The van der Waals surface area contributed by atoms with Crippen molar-refractivity contribution in [3.8, 4) is 28.5 Å². The number of amides is 1. The molecular formula is C16H15ClN8O2. The third-order valence-electron chi connectivity index (χ3n) is 3.99. The lowest BCUT2D eigenvalue weighted by Crippen LogP contribution is -2.22. The number of pyridine rings is 1. The van der Waals surface area contributed by atoms with Gasteiger partial charge >= 0.3 is 0 Å². The lowest BCUT2D eigenvalue weighted by Gasteiger charge is -2.05. The molecule has 0 spiro atoms. The van der Waals surface area contributed by atoms with Gasteiger partial charge in [0.1, 0.15) is 10.5 Å². The fourth-order valence-electron chi connectivity index (χ4n) is 2.73. The van der Waals surface area contributed by atoms with Crippen LogP contribution in [0.3, 0.4) is 0 Å². The molecule has 4 aromatic rings. The highest BCUT2D eigenvalue weighted by Gasteiger charge is 2.23. The second kappa shape index (κ2) is 6.40. The molecule has 0 aliphatic heterocycles. The summed E-state index contributed by atoms with van der Waals surface area (Å²) in [5.41, 5.74) is 3.38. The van der Waals surface area contributed by atoms with Gasteiger partial charge in [-0.15, -0.1) is 0 Å². The predicted molar refractivity (Wildman–Crippen MR) is 98.6 cm³/mol. The Morgan fingerprint density at radius 1 is 1.30 bits per heavy atom. The molecular weight excluding hydrogens is 372 g/mol. The Hall–Kier alpha value is -3.40. The zero-order chi connectivity index (χ0) is 19.1. The number of hydrogen-bond acceptors (Lipinski definition) is 6. The van der Waals surface area contributed by atoms with E-state index in [4.69, 9.17) is 16.3 Å². The van der Waals surface area contributed by atoms with Crippen molar-refractivity contribution in [2.75, 3.05) is 21.2 Å². The Kier molecular flexibility index (Phi) is 4.04. The number of aromatic amines is 3. The molecule has 0 atom stereocenters. The molecule has 0 bridgehead atoms. The van der Waals surface area contributed by atoms with E-state index in [2.05, 4.69) is 35.3 Å². The normalized spacial score (nSPS) is 11.1. The molecule has 0 fully saturated rings. The van der Waals surface area contributed by atoms with Gasteiger partial charge in [0.15, 0.2) is 5.82 Å². The van der Waals surface area contributed by atoms with Crippen molar-refractivity contribution in [2.24, 2.45) is 0 Å². The maximum absolute atomic E-state index is 12.1. The molecule has 0 aromatic carbocycles. The molecule has 11 heteroatoms. The van der Waals surface area contributed by atoms with Crippen molar-refractivity contribution in [3.05, 3.63) is 29.3 Å². The van der Waals surface area contributed by atoms with E-state index in [1.54, 1.807) is 32.6 Å². The van der Waals surface area contributed by atoms with Crippen LogP contribution in [0, 0.1) is 0 Å². The van der Waals surface area contributed by atoms with Gasteiger partial charge in [0.25, 0.3) is 5.91 Å². The van der Waals surface area contributed by atoms with E-state index >= 15 is 0 Å². The number of fused-ring (bicyclic) bond motifs is 1. The van der Waals surface area contributed by atoms with Gasteiger partial charge < -0.3 is 14.6 Å². The zero-order valence-electron chi connectivity index (χ0n) is 14.7. The number of ether oxygens (including phenoxy) is 1. The van der Waals surface area contributed by atoms with Gasteiger partial charge in [-0.1, -0.05) is 11.6 Å². The summed E-state index contributed by atoms with van der Waals surface area (Å²) in [6.07, 6.45) is 3.39. The van der Waals surface area contributed by atoms with Crippen LogP contribution in [0.1, 0.15) is 10.6 Å². The molecule has 4 heterocycles. The smallest absolute Gasteiger partial charge is 0.290 e. The first-order chi connectivity index (χ1) is 13.0. The first-order valence-electron chi connectivity index (χ1n) is 7.89. The summed E-state index contributed by atoms with van der Waals surface area (Å²) < 4.78 is 5.23. The van der Waals surface area contributed by atoms with Gasteiger partial charge in [-0.2, -0.15) is 10.2 Å². The summed E-state index contributed by atoms with van der Waals surface area (Å²) in [5.74, 6) is 0.482. The Labute approximate surface area is 157 Å². The molecule has 0 aliphatic rings.